The molecule has 0 aliphatic carbocycles. The highest BCUT2D eigenvalue weighted by Gasteiger charge is 2.08. The summed E-state index contributed by atoms with van der Waals surface area (Å²) in [6.45, 7) is 3.23. The van der Waals surface area contributed by atoms with Crippen molar-refractivity contribution in [3.63, 3.8) is 0 Å². The van der Waals surface area contributed by atoms with Crippen LogP contribution in [-0.4, -0.2) is 22.6 Å². The number of aromatic nitrogens is 1. The van der Waals surface area contributed by atoms with Crippen LogP contribution >= 0.6 is 11.3 Å². The van der Waals surface area contributed by atoms with E-state index in [-0.39, 0.29) is 5.84 Å². The highest BCUT2D eigenvalue weighted by molar-refractivity contribution is 7.09. The average Bonchev–Trinajstić information content (AvgIpc) is 2.89. The molecule has 1 aromatic carbocycles. The lowest BCUT2D eigenvalue weighted by Gasteiger charge is -2.09. The van der Waals surface area contributed by atoms with Crippen LogP contribution < -0.4 is 11.1 Å². The van der Waals surface area contributed by atoms with Crippen LogP contribution in [0, 0.1) is 12.7 Å². The van der Waals surface area contributed by atoms with E-state index in [1.807, 2.05) is 12.3 Å². The number of nitrogens with zero attached hydrogens (tertiary/aromatic N) is 2. The van der Waals surface area contributed by atoms with Gasteiger partial charge in [0.15, 0.2) is 5.84 Å². The zero-order chi connectivity index (χ0) is 15.2. The van der Waals surface area contributed by atoms with E-state index in [0.717, 1.165) is 29.2 Å². The molecule has 21 heavy (non-hydrogen) atoms. The maximum Gasteiger partial charge on any atom is 0.170 e. The van der Waals surface area contributed by atoms with Gasteiger partial charge in [0.1, 0.15) is 5.82 Å². The predicted octanol–water partition coefficient (Wildman–Crippen LogP) is 2.02. The van der Waals surface area contributed by atoms with Crippen LogP contribution in [0.25, 0.3) is 0 Å². The van der Waals surface area contributed by atoms with Gasteiger partial charge in [-0.3, -0.25) is 0 Å². The summed E-state index contributed by atoms with van der Waals surface area (Å²) in [5.74, 6) is -0.514. The summed E-state index contributed by atoms with van der Waals surface area (Å²) in [5, 5.41) is 18.0. The van der Waals surface area contributed by atoms with Crippen molar-refractivity contribution in [1.29, 1.82) is 0 Å². The van der Waals surface area contributed by atoms with Crippen molar-refractivity contribution in [3.8, 4) is 0 Å². The lowest BCUT2D eigenvalue weighted by Crippen LogP contribution is -2.21. The Balaban J connectivity index is 1.93. The van der Waals surface area contributed by atoms with Gasteiger partial charge in [-0.15, -0.1) is 11.3 Å². The Kier molecular flexibility index (Phi) is 5.24. The van der Waals surface area contributed by atoms with Crippen molar-refractivity contribution in [2.24, 2.45) is 10.9 Å². The number of nitrogens with one attached hydrogen (secondary N) is 1. The molecule has 0 atom stereocenters. The highest BCUT2D eigenvalue weighted by Crippen LogP contribution is 2.12. The molecule has 0 saturated heterocycles. The molecule has 0 radical (unpaired) electrons. The maximum atomic E-state index is 13.2. The molecular weight excluding hydrogens is 291 g/mol. The van der Waals surface area contributed by atoms with Gasteiger partial charge >= 0.3 is 0 Å². The summed E-state index contributed by atoms with van der Waals surface area (Å²) in [7, 11) is 0. The minimum atomic E-state index is -0.418. The summed E-state index contributed by atoms with van der Waals surface area (Å²) >= 11 is 1.63. The molecule has 5 nitrogen and oxygen atoms in total. The Morgan fingerprint density at radius 2 is 2.33 bits per heavy atom. The van der Waals surface area contributed by atoms with Gasteiger partial charge in [0.2, 0.25) is 0 Å². The number of oxime groups is 1. The van der Waals surface area contributed by atoms with Crippen LogP contribution in [0.15, 0.2) is 28.7 Å². The third-order valence-electron chi connectivity index (χ3n) is 3.00. The number of benzene rings is 1. The van der Waals surface area contributed by atoms with Crippen LogP contribution in [-0.2, 0) is 13.0 Å². The molecule has 1 heterocycles. The number of hydrogen-bond acceptors (Lipinski definition) is 5. The lowest BCUT2D eigenvalue weighted by atomic mass is 10.1. The Labute approximate surface area is 126 Å². The minimum absolute atomic E-state index is 0.0959. The topological polar surface area (TPSA) is 83.5 Å². The standard InChI is InChI=1S/C14H17FN4OS/c1-9-18-12(8-21-9)4-5-17-7-10-2-3-11(15)6-13(10)14(16)19-20/h2-3,6,8,17,20H,4-5,7H2,1H3,(H2,16,19). The molecule has 0 bridgehead atoms. The third kappa shape index (κ3) is 4.24. The summed E-state index contributed by atoms with van der Waals surface area (Å²) in [4.78, 5) is 4.38. The number of amidine groups is 1. The van der Waals surface area contributed by atoms with Gasteiger partial charge in [0.05, 0.1) is 10.7 Å². The van der Waals surface area contributed by atoms with Gasteiger partial charge in [0.25, 0.3) is 0 Å². The fourth-order valence-corrected chi connectivity index (χ4v) is 2.60. The van der Waals surface area contributed by atoms with Gasteiger partial charge in [-0.25, -0.2) is 9.37 Å². The van der Waals surface area contributed by atoms with E-state index >= 15 is 0 Å². The van der Waals surface area contributed by atoms with Crippen molar-refractivity contribution < 1.29 is 9.60 Å². The fraction of sp³-hybridized carbons (Fsp3) is 0.286. The molecule has 0 aliphatic rings. The third-order valence-corrected chi connectivity index (χ3v) is 3.82. The van der Waals surface area contributed by atoms with Gasteiger partial charge in [-0.1, -0.05) is 11.2 Å². The van der Waals surface area contributed by atoms with Crippen LogP contribution in [0.5, 0.6) is 0 Å². The van der Waals surface area contributed by atoms with Crippen molar-refractivity contribution in [3.05, 3.63) is 51.2 Å². The number of thiazole rings is 1. The van der Waals surface area contributed by atoms with Crippen LogP contribution in [0.2, 0.25) is 0 Å². The van der Waals surface area contributed by atoms with Gasteiger partial charge in [-0.2, -0.15) is 0 Å². The molecule has 0 aliphatic heterocycles. The van der Waals surface area contributed by atoms with Crippen LogP contribution in [0.3, 0.4) is 0 Å². The van der Waals surface area contributed by atoms with E-state index in [1.54, 1.807) is 17.4 Å². The molecule has 0 unspecified atom stereocenters. The Hall–Kier alpha value is -1.99. The largest absolute Gasteiger partial charge is 0.409 e. The molecule has 4 N–H and O–H groups in total. The van der Waals surface area contributed by atoms with Crippen molar-refractivity contribution >= 4 is 17.2 Å². The number of rotatable bonds is 6. The van der Waals surface area contributed by atoms with Crippen molar-refractivity contribution in [2.45, 2.75) is 19.9 Å². The quantitative estimate of drug-likeness (QED) is 0.251. The smallest absolute Gasteiger partial charge is 0.170 e. The van der Waals surface area contributed by atoms with Crippen molar-refractivity contribution in [2.75, 3.05) is 6.54 Å². The number of nitrogens with two attached hydrogens (primary N) is 1. The predicted molar refractivity (Wildman–Crippen MR) is 81.2 cm³/mol. The first-order chi connectivity index (χ1) is 10.1. The van der Waals surface area contributed by atoms with Crippen molar-refractivity contribution in [1.82, 2.24) is 10.3 Å². The monoisotopic (exact) mass is 308 g/mol. The Morgan fingerprint density at radius 3 is 3.00 bits per heavy atom. The highest BCUT2D eigenvalue weighted by atomic mass is 32.1. The van der Waals surface area contributed by atoms with E-state index in [4.69, 9.17) is 10.9 Å². The summed E-state index contributed by atoms with van der Waals surface area (Å²) in [6.07, 6.45) is 0.824. The number of hydrogen-bond donors (Lipinski definition) is 3. The van der Waals surface area contributed by atoms with E-state index in [9.17, 15) is 4.39 Å². The molecule has 0 amide bonds. The lowest BCUT2D eigenvalue weighted by molar-refractivity contribution is 0.318. The summed E-state index contributed by atoms with van der Waals surface area (Å²) in [6, 6.07) is 4.24. The van der Waals surface area contributed by atoms with E-state index in [1.165, 1.54) is 12.1 Å². The average molecular weight is 308 g/mol. The van der Waals surface area contributed by atoms with Crippen LogP contribution in [0.4, 0.5) is 4.39 Å². The van der Waals surface area contributed by atoms with E-state index < -0.39 is 5.82 Å². The number of aryl methyl sites for hydroxylation is 1. The molecule has 0 spiro atoms. The van der Waals surface area contributed by atoms with E-state index in [0.29, 0.717) is 12.1 Å². The Bertz CT molecular complexity index is 642. The first kappa shape index (κ1) is 15.4. The van der Waals surface area contributed by atoms with Gasteiger partial charge < -0.3 is 16.3 Å². The summed E-state index contributed by atoms with van der Waals surface area (Å²) in [5.41, 5.74) is 7.79. The van der Waals surface area contributed by atoms with E-state index in [2.05, 4.69) is 15.5 Å². The zero-order valence-corrected chi connectivity index (χ0v) is 12.5. The Morgan fingerprint density at radius 1 is 1.52 bits per heavy atom. The second kappa shape index (κ2) is 7.14. The molecule has 112 valence electrons. The molecule has 2 aromatic rings. The molecule has 0 saturated carbocycles. The molecular formula is C14H17FN4OS. The van der Waals surface area contributed by atoms with Gasteiger partial charge in [-0.05, 0) is 24.6 Å². The summed E-state index contributed by atoms with van der Waals surface area (Å²) < 4.78 is 13.2. The second-order valence-electron chi connectivity index (χ2n) is 4.57. The number of halogens is 1. The zero-order valence-electron chi connectivity index (χ0n) is 11.6. The first-order valence-electron chi connectivity index (χ1n) is 6.48. The van der Waals surface area contributed by atoms with Gasteiger partial charge in [0, 0.05) is 30.5 Å². The normalized spacial score (nSPS) is 11.8. The molecule has 0 fully saturated rings. The SMILES string of the molecule is Cc1nc(CCNCc2ccc(F)cc2/C(N)=N/O)cs1. The molecule has 7 heteroatoms. The molecule has 1 aromatic heterocycles. The fourth-order valence-electron chi connectivity index (χ4n) is 1.96. The second-order valence-corrected chi connectivity index (χ2v) is 5.63. The van der Waals surface area contributed by atoms with Crippen LogP contribution in [0.1, 0.15) is 21.8 Å². The first-order valence-corrected chi connectivity index (χ1v) is 7.36. The minimum Gasteiger partial charge on any atom is -0.409 e. The molecule has 2 rings (SSSR count). The maximum absolute atomic E-state index is 13.2.